The zero-order chi connectivity index (χ0) is 10.4. The van der Waals surface area contributed by atoms with Crippen LogP contribution in [0.3, 0.4) is 0 Å². The van der Waals surface area contributed by atoms with Crippen LogP contribution in [0.5, 0.6) is 0 Å². The number of carbonyl (C=O) groups is 1. The van der Waals surface area contributed by atoms with Gasteiger partial charge in [0.15, 0.2) is 0 Å². The van der Waals surface area contributed by atoms with Gasteiger partial charge in [-0.25, -0.2) is 0 Å². The second-order valence-electron chi connectivity index (χ2n) is 2.76. The van der Waals surface area contributed by atoms with Crippen molar-refractivity contribution in [1.29, 1.82) is 0 Å². The molecule has 2 heteroatoms. The van der Waals surface area contributed by atoms with E-state index < -0.39 is 0 Å². The van der Waals surface area contributed by atoms with E-state index in [1.54, 1.807) is 12.3 Å². The van der Waals surface area contributed by atoms with Crippen molar-refractivity contribution in [3.05, 3.63) is 55.3 Å². The van der Waals surface area contributed by atoms with Gasteiger partial charge in [0.1, 0.15) is 0 Å². The summed E-state index contributed by atoms with van der Waals surface area (Å²) in [5, 5.41) is 0. The normalized spacial score (nSPS) is 10.1. The van der Waals surface area contributed by atoms with Crippen LogP contribution in [-0.4, -0.2) is 5.91 Å². The fourth-order valence-corrected chi connectivity index (χ4v) is 1.10. The first-order valence-corrected chi connectivity index (χ1v) is 4.32. The van der Waals surface area contributed by atoms with Crippen LogP contribution in [0.2, 0.25) is 0 Å². The molecule has 0 aromatic heterocycles. The van der Waals surface area contributed by atoms with Crippen molar-refractivity contribution < 1.29 is 4.79 Å². The smallest absolute Gasteiger partial charge is 0.227 e. The maximum Gasteiger partial charge on any atom is 0.227 e. The molecular weight excluding hydrogens is 174 g/mol. The molecule has 0 unspecified atom stereocenters. The van der Waals surface area contributed by atoms with E-state index >= 15 is 0 Å². The van der Waals surface area contributed by atoms with E-state index in [0.717, 1.165) is 5.69 Å². The predicted molar refractivity (Wildman–Crippen MR) is 57.6 cm³/mol. The Kier molecular flexibility index (Phi) is 3.68. The van der Waals surface area contributed by atoms with Crippen molar-refractivity contribution in [2.45, 2.75) is 6.92 Å². The number of nitrogens with zero attached hydrogens (tertiary/aromatic N) is 1. The van der Waals surface area contributed by atoms with Crippen molar-refractivity contribution in [2.75, 3.05) is 4.90 Å². The van der Waals surface area contributed by atoms with E-state index in [4.69, 9.17) is 6.58 Å². The summed E-state index contributed by atoms with van der Waals surface area (Å²) in [4.78, 5) is 12.8. The van der Waals surface area contributed by atoms with E-state index in [2.05, 4.69) is 0 Å². The van der Waals surface area contributed by atoms with Crippen LogP contribution in [0.1, 0.15) is 6.92 Å². The summed E-state index contributed by atoms with van der Waals surface area (Å²) in [7, 11) is 0. The Morgan fingerprint density at radius 1 is 1.36 bits per heavy atom. The van der Waals surface area contributed by atoms with Gasteiger partial charge in [0, 0.05) is 18.8 Å². The Morgan fingerprint density at radius 3 is 2.50 bits per heavy atom. The summed E-state index contributed by atoms with van der Waals surface area (Å²) in [6, 6.07) is 9.39. The molecule has 0 fully saturated rings. The first kappa shape index (κ1) is 10.3. The highest BCUT2D eigenvalue weighted by Gasteiger charge is 2.05. The number of hydrogen-bond acceptors (Lipinski definition) is 1. The largest absolute Gasteiger partial charge is 0.288 e. The highest BCUT2D eigenvalue weighted by Crippen LogP contribution is 2.13. The summed E-state index contributed by atoms with van der Waals surface area (Å²) in [5.41, 5.74) is 0.832. The Balaban J connectivity index is 2.94. The maximum absolute atomic E-state index is 11.3. The highest BCUT2D eigenvalue weighted by molar-refractivity contribution is 5.93. The summed E-state index contributed by atoms with van der Waals surface area (Å²) in [5.74, 6) is -0.0469. The SMILES string of the molecule is [CH]=CC=CN(C(C)=O)c1ccccc1. The third-order valence-corrected chi connectivity index (χ3v) is 1.72. The molecule has 0 aliphatic rings. The molecule has 1 aromatic carbocycles. The van der Waals surface area contributed by atoms with Crippen molar-refractivity contribution in [3.8, 4) is 0 Å². The lowest BCUT2D eigenvalue weighted by molar-refractivity contribution is -0.115. The number of benzene rings is 1. The maximum atomic E-state index is 11.3. The average Bonchev–Trinajstić information content (AvgIpc) is 2.19. The van der Waals surface area contributed by atoms with Crippen LogP contribution >= 0.6 is 0 Å². The molecule has 0 saturated heterocycles. The molecule has 1 rings (SSSR count). The minimum absolute atomic E-state index is 0.0469. The van der Waals surface area contributed by atoms with Crippen LogP contribution in [0, 0.1) is 6.58 Å². The Bertz CT molecular complexity index is 341. The van der Waals surface area contributed by atoms with Gasteiger partial charge in [0.05, 0.1) is 0 Å². The zero-order valence-corrected chi connectivity index (χ0v) is 8.05. The van der Waals surface area contributed by atoms with Gasteiger partial charge in [-0.2, -0.15) is 0 Å². The second-order valence-corrected chi connectivity index (χ2v) is 2.76. The molecule has 1 radical (unpaired) electrons. The van der Waals surface area contributed by atoms with Gasteiger partial charge >= 0.3 is 0 Å². The lowest BCUT2D eigenvalue weighted by Gasteiger charge is -2.15. The summed E-state index contributed by atoms with van der Waals surface area (Å²) < 4.78 is 0. The standard InChI is InChI=1S/C12H12NO/c1-3-4-10-13(11(2)14)12-8-6-5-7-9-12/h1,3-10H,2H3. The van der Waals surface area contributed by atoms with Crippen LogP contribution in [0.15, 0.2) is 48.7 Å². The molecule has 0 atom stereocenters. The van der Waals surface area contributed by atoms with E-state index in [0.29, 0.717) is 0 Å². The first-order chi connectivity index (χ1) is 6.75. The van der Waals surface area contributed by atoms with Crippen LogP contribution in [0.4, 0.5) is 5.69 Å². The topological polar surface area (TPSA) is 20.3 Å². The van der Waals surface area contributed by atoms with Gasteiger partial charge in [-0.05, 0) is 18.2 Å². The molecule has 14 heavy (non-hydrogen) atoms. The van der Waals surface area contributed by atoms with Crippen molar-refractivity contribution in [1.82, 2.24) is 0 Å². The van der Waals surface area contributed by atoms with E-state index in [-0.39, 0.29) is 5.91 Å². The van der Waals surface area contributed by atoms with E-state index in [9.17, 15) is 4.79 Å². The van der Waals surface area contributed by atoms with Crippen molar-refractivity contribution >= 4 is 11.6 Å². The molecule has 0 bridgehead atoms. The van der Waals surface area contributed by atoms with Crippen LogP contribution < -0.4 is 4.90 Å². The predicted octanol–water partition coefficient (Wildman–Crippen LogP) is 2.54. The molecule has 0 saturated carbocycles. The number of hydrogen-bond donors (Lipinski definition) is 0. The monoisotopic (exact) mass is 186 g/mol. The lowest BCUT2D eigenvalue weighted by Crippen LogP contribution is -2.21. The lowest BCUT2D eigenvalue weighted by atomic mass is 10.3. The third kappa shape index (κ3) is 2.59. The Hall–Kier alpha value is -1.83. The van der Waals surface area contributed by atoms with E-state index in [1.165, 1.54) is 17.9 Å². The quantitative estimate of drug-likeness (QED) is 0.664. The highest BCUT2D eigenvalue weighted by atomic mass is 16.2. The van der Waals surface area contributed by atoms with Crippen molar-refractivity contribution in [3.63, 3.8) is 0 Å². The molecule has 71 valence electrons. The Morgan fingerprint density at radius 2 is 2.00 bits per heavy atom. The molecule has 0 heterocycles. The third-order valence-electron chi connectivity index (χ3n) is 1.72. The molecule has 0 aliphatic carbocycles. The second kappa shape index (κ2) is 5.02. The number of amides is 1. The molecule has 1 amide bonds. The summed E-state index contributed by atoms with van der Waals surface area (Å²) in [6.07, 6.45) is 4.64. The van der Waals surface area contributed by atoms with Crippen molar-refractivity contribution in [2.24, 2.45) is 0 Å². The van der Waals surface area contributed by atoms with Gasteiger partial charge in [0.2, 0.25) is 5.91 Å². The zero-order valence-electron chi connectivity index (χ0n) is 8.05. The van der Waals surface area contributed by atoms with Crippen LogP contribution in [0.25, 0.3) is 0 Å². The number of carbonyl (C=O) groups excluding carboxylic acids is 1. The molecule has 2 nitrogen and oxygen atoms in total. The van der Waals surface area contributed by atoms with E-state index in [1.807, 2.05) is 30.3 Å². The first-order valence-electron chi connectivity index (χ1n) is 4.32. The Labute approximate surface area is 84.2 Å². The number of allylic oxidation sites excluding steroid dienone is 2. The fraction of sp³-hybridized carbons (Fsp3) is 0.0833. The summed E-state index contributed by atoms with van der Waals surface area (Å²) in [6.45, 7) is 6.71. The number of rotatable bonds is 3. The average molecular weight is 186 g/mol. The molecule has 0 aliphatic heterocycles. The van der Waals surface area contributed by atoms with Gasteiger partial charge < -0.3 is 0 Å². The number of anilines is 1. The van der Waals surface area contributed by atoms with Gasteiger partial charge in [0.25, 0.3) is 0 Å². The fourth-order valence-electron chi connectivity index (χ4n) is 1.10. The van der Waals surface area contributed by atoms with Gasteiger partial charge in [-0.1, -0.05) is 30.9 Å². The van der Waals surface area contributed by atoms with Crippen LogP contribution in [-0.2, 0) is 4.79 Å². The van der Waals surface area contributed by atoms with Gasteiger partial charge in [-0.3, -0.25) is 9.69 Å². The summed E-state index contributed by atoms with van der Waals surface area (Å²) >= 11 is 0. The van der Waals surface area contributed by atoms with Gasteiger partial charge in [-0.15, -0.1) is 0 Å². The molecular formula is C12H12NO. The molecule has 1 aromatic rings. The minimum atomic E-state index is -0.0469. The number of para-hydroxylation sites is 1. The minimum Gasteiger partial charge on any atom is -0.288 e. The molecule has 0 N–H and O–H groups in total. The molecule has 0 spiro atoms.